The van der Waals surface area contributed by atoms with Crippen LogP contribution in [0.1, 0.15) is 71.4 Å². The highest BCUT2D eigenvalue weighted by Gasteiger charge is 2.41. The lowest BCUT2D eigenvalue weighted by Gasteiger charge is -2.38. The van der Waals surface area contributed by atoms with Crippen LogP contribution in [-0.2, 0) is 15.0 Å². The number of rotatable bonds is 4. The van der Waals surface area contributed by atoms with Crippen molar-refractivity contribution in [1.82, 2.24) is 15.3 Å². The van der Waals surface area contributed by atoms with Gasteiger partial charge in [0.25, 0.3) is 0 Å². The van der Waals surface area contributed by atoms with E-state index in [1.807, 2.05) is 20.8 Å². The molecule has 194 valence electrons. The van der Waals surface area contributed by atoms with Gasteiger partial charge in [-0.25, -0.2) is 14.8 Å². The fraction of sp³-hybridized carbons (Fsp3) is 0.556. The second kappa shape index (κ2) is 9.59. The fourth-order valence-electron chi connectivity index (χ4n) is 5.38. The molecule has 2 aliphatic carbocycles. The predicted octanol–water partition coefficient (Wildman–Crippen LogP) is 4.64. The Balaban J connectivity index is 1.55. The molecular weight excluding hydrogens is 456 g/mol. The Morgan fingerprint density at radius 2 is 1.86 bits per heavy atom. The predicted molar refractivity (Wildman–Crippen MR) is 142 cm³/mol. The largest absolute Gasteiger partial charge is 0.444 e. The summed E-state index contributed by atoms with van der Waals surface area (Å²) in [6, 6.07) is 6.87. The van der Waals surface area contributed by atoms with Crippen molar-refractivity contribution in [3.05, 3.63) is 35.7 Å². The number of hydrogen-bond donors (Lipinski definition) is 2. The third kappa shape index (κ3) is 4.96. The van der Waals surface area contributed by atoms with E-state index in [2.05, 4.69) is 64.4 Å². The van der Waals surface area contributed by atoms with Gasteiger partial charge in [-0.15, -0.1) is 0 Å². The second-order valence-electron chi connectivity index (χ2n) is 11.2. The number of hydrogen-bond acceptors (Lipinski definition) is 8. The van der Waals surface area contributed by atoms with Crippen LogP contribution in [0.15, 0.2) is 29.7 Å². The van der Waals surface area contributed by atoms with E-state index < -0.39 is 11.0 Å². The minimum Gasteiger partial charge on any atom is -0.444 e. The van der Waals surface area contributed by atoms with Crippen molar-refractivity contribution in [2.75, 3.05) is 24.8 Å². The van der Waals surface area contributed by atoms with Gasteiger partial charge in [-0.05, 0) is 72.4 Å². The van der Waals surface area contributed by atoms with Gasteiger partial charge in [-0.1, -0.05) is 11.2 Å². The maximum absolute atomic E-state index is 12.2. The van der Waals surface area contributed by atoms with Crippen LogP contribution in [0.25, 0.3) is 11.3 Å². The Labute approximate surface area is 213 Å². The van der Waals surface area contributed by atoms with Crippen LogP contribution in [-0.4, -0.2) is 53.6 Å². The number of nitrogens with two attached hydrogens (primary N) is 1. The number of anilines is 2. The third-order valence-electron chi connectivity index (χ3n) is 7.16. The first-order chi connectivity index (χ1) is 16.9. The first-order valence-electron chi connectivity index (χ1n) is 12.5. The van der Waals surface area contributed by atoms with Gasteiger partial charge in [-0.2, -0.15) is 0 Å². The van der Waals surface area contributed by atoms with Crippen molar-refractivity contribution >= 4 is 23.3 Å². The van der Waals surface area contributed by atoms with Crippen molar-refractivity contribution in [1.29, 1.82) is 0 Å². The standard InChI is InChI=1S/C27H38N6O3/c1-26(2,3)36-25(34)31-16-8-10-17(11-9-16)33(6)18-12-13-19-20(14-18)23(32-35-7)27(4,5)21-22(19)29-15-30-24(21)28/h12-17H,8-11H2,1-7H3,(H,31,34)(H2,28,29,30)/b32-23+/t16-,17-. The molecule has 1 saturated carbocycles. The molecule has 0 aliphatic heterocycles. The number of ether oxygens (including phenoxy) is 1. The summed E-state index contributed by atoms with van der Waals surface area (Å²) in [6.07, 6.45) is 4.94. The minimum absolute atomic E-state index is 0.135. The van der Waals surface area contributed by atoms with Crippen LogP contribution >= 0.6 is 0 Å². The molecule has 0 bridgehead atoms. The van der Waals surface area contributed by atoms with Gasteiger partial charge in [0.2, 0.25) is 0 Å². The van der Waals surface area contributed by atoms with E-state index in [9.17, 15) is 4.79 Å². The van der Waals surface area contributed by atoms with Gasteiger partial charge in [0.05, 0.1) is 11.4 Å². The number of carbonyl (C=O) groups excluding carboxylic acids is 1. The van der Waals surface area contributed by atoms with Gasteiger partial charge in [0.1, 0.15) is 24.9 Å². The Kier molecular flexibility index (Phi) is 6.86. The first-order valence-corrected chi connectivity index (χ1v) is 12.5. The molecule has 36 heavy (non-hydrogen) atoms. The van der Waals surface area contributed by atoms with E-state index >= 15 is 0 Å². The van der Waals surface area contributed by atoms with E-state index in [1.165, 1.54) is 6.33 Å². The number of alkyl carbamates (subject to hydrolysis) is 1. The van der Waals surface area contributed by atoms with Crippen molar-refractivity contribution in [2.24, 2.45) is 5.16 Å². The molecule has 0 radical (unpaired) electrons. The number of carbonyl (C=O) groups is 1. The molecule has 0 atom stereocenters. The Bertz CT molecular complexity index is 1160. The zero-order valence-corrected chi connectivity index (χ0v) is 22.4. The number of benzene rings is 1. The highest BCUT2D eigenvalue weighted by molar-refractivity contribution is 6.16. The minimum atomic E-state index is -0.522. The molecule has 4 rings (SSSR count). The number of oxime groups is 1. The third-order valence-corrected chi connectivity index (χ3v) is 7.16. The van der Waals surface area contributed by atoms with E-state index in [0.717, 1.165) is 59.5 Å². The summed E-state index contributed by atoms with van der Waals surface area (Å²) < 4.78 is 5.42. The summed E-state index contributed by atoms with van der Waals surface area (Å²) in [5, 5.41) is 7.46. The van der Waals surface area contributed by atoms with Gasteiger partial charge in [-0.3, -0.25) is 0 Å². The summed E-state index contributed by atoms with van der Waals surface area (Å²) in [5.74, 6) is 0.456. The molecule has 0 unspecified atom stereocenters. The first kappa shape index (κ1) is 25.7. The van der Waals surface area contributed by atoms with Gasteiger partial charge >= 0.3 is 6.09 Å². The van der Waals surface area contributed by atoms with Crippen molar-refractivity contribution in [3.63, 3.8) is 0 Å². The number of nitrogens with zero attached hydrogens (tertiary/aromatic N) is 4. The number of aromatic nitrogens is 2. The lowest BCUT2D eigenvalue weighted by Crippen LogP contribution is -2.44. The molecule has 3 N–H and O–H groups in total. The molecule has 9 nitrogen and oxygen atoms in total. The maximum atomic E-state index is 12.2. The summed E-state index contributed by atoms with van der Waals surface area (Å²) in [7, 11) is 3.69. The second-order valence-corrected chi connectivity index (χ2v) is 11.2. The fourth-order valence-corrected chi connectivity index (χ4v) is 5.38. The van der Waals surface area contributed by atoms with Crippen LogP contribution in [0.3, 0.4) is 0 Å². The summed E-state index contributed by atoms with van der Waals surface area (Å²) >= 11 is 0. The van der Waals surface area contributed by atoms with Crippen LogP contribution in [0, 0.1) is 0 Å². The Morgan fingerprint density at radius 3 is 2.50 bits per heavy atom. The van der Waals surface area contributed by atoms with Crippen LogP contribution in [0.5, 0.6) is 0 Å². The lowest BCUT2D eigenvalue weighted by molar-refractivity contribution is 0.0491. The highest BCUT2D eigenvalue weighted by Crippen LogP contribution is 2.45. The van der Waals surface area contributed by atoms with Crippen LogP contribution in [0.2, 0.25) is 0 Å². The molecule has 2 aliphatic rings. The molecule has 1 aromatic carbocycles. The molecule has 2 aromatic rings. The summed E-state index contributed by atoms with van der Waals surface area (Å²) in [6.45, 7) is 9.77. The average Bonchev–Trinajstić information content (AvgIpc) is 2.80. The molecule has 1 fully saturated rings. The van der Waals surface area contributed by atoms with E-state index in [1.54, 1.807) is 7.11 Å². The van der Waals surface area contributed by atoms with Crippen molar-refractivity contribution in [3.8, 4) is 11.3 Å². The summed E-state index contributed by atoms with van der Waals surface area (Å²) in [4.78, 5) is 28.6. The zero-order valence-electron chi connectivity index (χ0n) is 22.4. The van der Waals surface area contributed by atoms with Crippen LogP contribution < -0.4 is 16.0 Å². The number of nitrogen functional groups attached to an aromatic ring is 1. The van der Waals surface area contributed by atoms with Gasteiger partial charge in [0, 0.05) is 46.9 Å². The molecule has 0 saturated heterocycles. The van der Waals surface area contributed by atoms with E-state index in [4.69, 9.17) is 15.3 Å². The molecule has 1 heterocycles. The Morgan fingerprint density at radius 1 is 1.17 bits per heavy atom. The van der Waals surface area contributed by atoms with Crippen molar-refractivity contribution in [2.45, 2.75) is 83.4 Å². The van der Waals surface area contributed by atoms with Gasteiger partial charge < -0.3 is 25.5 Å². The quantitative estimate of drug-likeness (QED) is 0.595. The van der Waals surface area contributed by atoms with Gasteiger partial charge in [0.15, 0.2) is 0 Å². The average molecular weight is 495 g/mol. The number of fused-ring (bicyclic) bond motifs is 3. The molecule has 1 amide bonds. The number of nitrogens with one attached hydrogen (secondary N) is 1. The highest BCUT2D eigenvalue weighted by atomic mass is 16.6. The summed E-state index contributed by atoms with van der Waals surface area (Å²) in [5.41, 5.74) is 10.8. The van der Waals surface area contributed by atoms with Crippen LogP contribution in [0.4, 0.5) is 16.3 Å². The molecule has 1 aromatic heterocycles. The Hall–Kier alpha value is -3.36. The number of amides is 1. The van der Waals surface area contributed by atoms with Crippen molar-refractivity contribution < 1.29 is 14.4 Å². The maximum Gasteiger partial charge on any atom is 0.407 e. The lowest BCUT2D eigenvalue weighted by atomic mass is 9.70. The smallest absolute Gasteiger partial charge is 0.407 e. The van der Waals surface area contributed by atoms with E-state index in [-0.39, 0.29) is 12.1 Å². The van der Waals surface area contributed by atoms with E-state index in [0.29, 0.717) is 11.9 Å². The molecule has 0 spiro atoms. The SMILES string of the molecule is CO/N=C1\c2cc(N(C)[C@H]3CC[C@H](NC(=O)OC(C)(C)C)CC3)ccc2-c2ncnc(N)c2C1(C)C. The zero-order chi connectivity index (χ0) is 26.3. The normalized spacial score (nSPS) is 21.8. The monoisotopic (exact) mass is 494 g/mol. The topological polar surface area (TPSA) is 115 Å². The molecular formula is C27H38N6O3. The molecule has 9 heteroatoms.